The van der Waals surface area contributed by atoms with E-state index in [2.05, 4.69) is 17.4 Å². The van der Waals surface area contributed by atoms with E-state index in [1.165, 1.54) is 29.7 Å². The second-order valence-corrected chi connectivity index (χ2v) is 5.70. The average molecular weight is 281 g/mol. The Hall–Kier alpha value is -2.10. The summed E-state index contributed by atoms with van der Waals surface area (Å²) in [6, 6.07) is 6.28. The maximum atomic E-state index is 5.57. The highest BCUT2D eigenvalue weighted by molar-refractivity contribution is 5.63. The van der Waals surface area contributed by atoms with Crippen molar-refractivity contribution in [2.24, 2.45) is 0 Å². The summed E-state index contributed by atoms with van der Waals surface area (Å²) in [4.78, 5) is 9.56. The number of aryl methyl sites for hydroxylation is 1. The number of aromatic nitrogens is 2. The minimum absolute atomic E-state index is 0.783. The average Bonchev–Trinajstić information content (AvgIpc) is 3.01. The van der Waals surface area contributed by atoms with Crippen molar-refractivity contribution in [2.75, 3.05) is 19.0 Å². The van der Waals surface area contributed by atoms with E-state index >= 15 is 0 Å². The number of hydrogen-bond donors (Lipinski definition) is 1. The lowest BCUT2D eigenvalue weighted by Gasteiger charge is -2.19. The van der Waals surface area contributed by atoms with E-state index in [9.17, 15) is 0 Å². The molecule has 0 amide bonds. The molecule has 4 heteroatoms. The van der Waals surface area contributed by atoms with Gasteiger partial charge in [0, 0.05) is 30.3 Å². The number of nitrogens with one attached hydrogen (secondary N) is 1. The van der Waals surface area contributed by atoms with Gasteiger partial charge < -0.3 is 10.1 Å². The van der Waals surface area contributed by atoms with Crippen LogP contribution in [0.3, 0.4) is 0 Å². The number of benzene rings is 1. The molecule has 1 aromatic carbocycles. The SMILES string of the molecule is CNc1nc(-c2ccc3c(c2)CCO3)nc2c1CCCC2. The molecule has 4 nitrogen and oxygen atoms in total. The van der Waals surface area contributed by atoms with E-state index in [0.29, 0.717) is 0 Å². The lowest BCUT2D eigenvalue weighted by Crippen LogP contribution is -2.11. The van der Waals surface area contributed by atoms with Crippen molar-refractivity contribution < 1.29 is 4.74 Å². The molecule has 1 aromatic heterocycles. The van der Waals surface area contributed by atoms with Crippen molar-refractivity contribution >= 4 is 5.82 Å². The molecule has 0 unspecified atom stereocenters. The Morgan fingerprint density at radius 2 is 2.00 bits per heavy atom. The third kappa shape index (κ3) is 2.15. The van der Waals surface area contributed by atoms with Gasteiger partial charge >= 0.3 is 0 Å². The van der Waals surface area contributed by atoms with E-state index in [1.807, 2.05) is 13.1 Å². The van der Waals surface area contributed by atoms with Crippen LogP contribution in [0.5, 0.6) is 5.75 Å². The topological polar surface area (TPSA) is 47.0 Å². The Labute approximate surface area is 124 Å². The monoisotopic (exact) mass is 281 g/mol. The van der Waals surface area contributed by atoms with Gasteiger partial charge in [-0.3, -0.25) is 0 Å². The van der Waals surface area contributed by atoms with E-state index in [-0.39, 0.29) is 0 Å². The minimum Gasteiger partial charge on any atom is -0.493 e. The van der Waals surface area contributed by atoms with E-state index in [1.54, 1.807) is 0 Å². The van der Waals surface area contributed by atoms with E-state index in [0.717, 1.165) is 48.8 Å². The zero-order valence-electron chi connectivity index (χ0n) is 12.3. The van der Waals surface area contributed by atoms with Crippen molar-refractivity contribution in [2.45, 2.75) is 32.1 Å². The number of rotatable bonds is 2. The van der Waals surface area contributed by atoms with Crippen LogP contribution in [0.1, 0.15) is 29.7 Å². The molecule has 21 heavy (non-hydrogen) atoms. The first-order valence-corrected chi connectivity index (χ1v) is 7.69. The van der Waals surface area contributed by atoms with E-state index in [4.69, 9.17) is 14.7 Å². The van der Waals surface area contributed by atoms with Gasteiger partial charge in [-0.2, -0.15) is 0 Å². The van der Waals surface area contributed by atoms with Gasteiger partial charge in [-0.25, -0.2) is 9.97 Å². The Morgan fingerprint density at radius 3 is 2.90 bits per heavy atom. The van der Waals surface area contributed by atoms with Gasteiger partial charge in [0.2, 0.25) is 0 Å². The summed E-state index contributed by atoms with van der Waals surface area (Å²) in [6.07, 6.45) is 5.59. The van der Waals surface area contributed by atoms with Crippen molar-refractivity contribution in [3.05, 3.63) is 35.0 Å². The van der Waals surface area contributed by atoms with Crippen LogP contribution in [0.2, 0.25) is 0 Å². The van der Waals surface area contributed by atoms with Crippen LogP contribution in [-0.2, 0) is 19.3 Å². The van der Waals surface area contributed by atoms with Gasteiger partial charge in [0.1, 0.15) is 11.6 Å². The summed E-state index contributed by atoms with van der Waals surface area (Å²) in [5.74, 6) is 2.83. The first-order valence-electron chi connectivity index (χ1n) is 7.69. The molecule has 0 saturated heterocycles. The lowest BCUT2D eigenvalue weighted by atomic mass is 9.96. The summed E-state index contributed by atoms with van der Waals surface area (Å²) >= 11 is 0. The summed E-state index contributed by atoms with van der Waals surface area (Å²) in [7, 11) is 1.94. The van der Waals surface area contributed by atoms with Crippen LogP contribution in [-0.4, -0.2) is 23.6 Å². The van der Waals surface area contributed by atoms with Crippen molar-refractivity contribution in [3.63, 3.8) is 0 Å². The maximum absolute atomic E-state index is 5.57. The second-order valence-electron chi connectivity index (χ2n) is 5.70. The van der Waals surface area contributed by atoms with Crippen molar-refractivity contribution in [3.8, 4) is 17.1 Å². The molecule has 108 valence electrons. The largest absolute Gasteiger partial charge is 0.493 e. The minimum atomic E-state index is 0.783. The number of nitrogens with zero attached hydrogens (tertiary/aromatic N) is 2. The van der Waals surface area contributed by atoms with Crippen LogP contribution >= 0.6 is 0 Å². The molecule has 0 spiro atoms. The first kappa shape index (κ1) is 12.6. The molecule has 0 saturated carbocycles. The lowest BCUT2D eigenvalue weighted by molar-refractivity contribution is 0.357. The predicted molar refractivity (Wildman–Crippen MR) is 82.9 cm³/mol. The highest BCUT2D eigenvalue weighted by atomic mass is 16.5. The molecule has 4 rings (SSSR count). The third-order valence-corrected chi connectivity index (χ3v) is 4.37. The summed E-state index contributed by atoms with van der Waals surface area (Å²) < 4.78 is 5.57. The normalized spacial score (nSPS) is 16.0. The smallest absolute Gasteiger partial charge is 0.161 e. The molecule has 2 heterocycles. The Kier molecular flexibility index (Phi) is 3.02. The quantitative estimate of drug-likeness (QED) is 0.919. The van der Waals surface area contributed by atoms with Gasteiger partial charge in [-0.1, -0.05) is 0 Å². The third-order valence-electron chi connectivity index (χ3n) is 4.37. The second kappa shape index (κ2) is 5.02. The van der Waals surface area contributed by atoms with Crippen LogP contribution in [0.25, 0.3) is 11.4 Å². The van der Waals surface area contributed by atoms with Crippen LogP contribution in [0, 0.1) is 0 Å². The zero-order chi connectivity index (χ0) is 14.2. The number of anilines is 1. The number of fused-ring (bicyclic) bond motifs is 2. The molecule has 1 aliphatic heterocycles. The number of ether oxygens (including phenoxy) is 1. The van der Waals surface area contributed by atoms with Gasteiger partial charge in [-0.05, 0) is 49.4 Å². The van der Waals surface area contributed by atoms with Gasteiger partial charge in [0.05, 0.1) is 6.61 Å². The molecule has 0 bridgehead atoms. The summed E-state index contributed by atoms with van der Waals surface area (Å²) in [5, 5.41) is 3.24. The van der Waals surface area contributed by atoms with Crippen LogP contribution < -0.4 is 10.1 Å². The molecule has 2 aliphatic rings. The Balaban J connectivity index is 1.81. The number of hydrogen-bond acceptors (Lipinski definition) is 4. The fourth-order valence-corrected chi connectivity index (χ4v) is 3.26. The zero-order valence-corrected chi connectivity index (χ0v) is 12.3. The Bertz CT molecular complexity index is 679. The van der Waals surface area contributed by atoms with Crippen LogP contribution in [0.4, 0.5) is 5.82 Å². The fourth-order valence-electron chi connectivity index (χ4n) is 3.26. The van der Waals surface area contributed by atoms with E-state index < -0.39 is 0 Å². The molecular weight excluding hydrogens is 262 g/mol. The molecule has 1 N–H and O–H groups in total. The highest BCUT2D eigenvalue weighted by Crippen LogP contribution is 2.32. The van der Waals surface area contributed by atoms with Gasteiger partial charge in [-0.15, -0.1) is 0 Å². The summed E-state index contributed by atoms with van der Waals surface area (Å²) in [6.45, 7) is 0.783. The highest BCUT2D eigenvalue weighted by Gasteiger charge is 2.19. The Morgan fingerprint density at radius 1 is 1.10 bits per heavy atom. The van der Waals surface area contributed by atoms with Gasteiger partial charge in [0.15, 0.2) is 5.82 Å². The molecule has 1 aliphatic carbocycles. The van der Waals surface area contributed by atoms with Crippen molar-refractivity contribution in [1.82, 2.24) is 9.97 Å². The molecule has 2 aromatic rings. The summed E-state index contributed by atoms with van der Waals surface area (Å²) in [5.41, 5.74) is 4.87. The van der Waals surface area contributed by atoms with Crippen LogP contribution in [0.15, 0.2) is 18.2 Å². The molecule has 0 atom stereocenters. The van der Waals surface area contributed by atoms with Crippen molar-refractivity contribution in [1.29, 1.82) is 0 Å². The first-order chi connectivity index (χ1) is 10.3. The molecular formula is C17H19N3O. The fraction of sp³-hybridized carbons (Fsp3) is 0.412. The molecule has 0 fully saturated rings. The van der Waals surface area contributed by atoms with Gasteiger partial charge in [0.25, 0.3) is 0 Å². The molecule has 0 radical (unpaired) electrons. The maximum Gasteiger partial charge on any atom is 0.161 e. The predicted octanol–water partition coefficient (Wildman–Crippen LogP) is 3.00. The standard InChI is InChI=1S/C17H19N3O/c1-18-17-13-4-2-3-5-14(13)19-16(20-17)12-6-7-15-11(10-12)8-9-21-15/h6-7,10H,2-5,8-9H2,1H3,(H,18,19,20).